The number of nitrogens with one attached hydrogen (secondary N) is 1. The number of carbonyl (C=O) groups excluding carboxylic acids is 1. The predicted octanol–water partition coefficient (Wildman–Crippen LogP) is 3.37. The van der Waals surface area contributed by atoms with E-state index in [1.54, 1.807) is 0 Å². The normalized spacial score (nSPS) is 16.4. The van der Waals surface area contributed by atoms with Gasteiger partial charge in [0.1, 0.15) is 0 Å². The zero-order valence-electron chi connectivity index (χ0n) is 12.4. The highest BCUT2D eigenvalue weighted by atomic mass is 32.1. The third kappa shape index (κ3) is 4.37. The van der Waals surface area contributed by atoms with E-state index in [0.717, 1.165) is 37.4 Å². The van der Waals surface area contributed by atoms with E-state index in [1.807, 2.05) is 18.3 Å². The number of amides is 1. The second-order valence-electron chi connectivity index (χ2n) is 5.09. The van der Waals surface area contributed by atoms with Gasteiger partial charge in [0.05, 0.1) is 0 Å². The molecule has 1 aromatic rings. The van der Waals surface area contributed by atoms with Crippen molar-refractivity contribution in [3.63, 3.8) is 0 Å². The molecule has 0 fully saturated rings. The summed E-state index contributed by atoms with van der Waals surface area (Å²) in [5.74, 6) is -0.0850. The van der Waals surface area contributed by atoms with Gasteiger partial charge in [-0.15, -0.1) is 11.3 Å². The molecule has 2 heterocycles. The van der Waals surface area contributed by atoms with E-state index < -0.39 is 0 Å². The van der Waals surface area contributed by atoms with Crippen molar-refractivity contribution in [3.05, 3.63) is 47.5 Å². The van der Waals surface area contributed by atoms with E-state index in [0.29, 0.717) is 5.13 Å². The zero-order valence-corrected chi connectivity index (χ0v) is 13.2. The molecule has 0 unspecified atom stereocenters. The fourth-order valence-corrected chi connectivity index (χ4v) is 3.35. The van der Waals surface area contributed by atoms with Gasteiger partial charge in [-0.3, -0.25) is 9.69 Å². The molecule has 5 heteroatoms. The number of aromatic nitrogens is 1. The van der Waals surface area contributed by atoms with E-state index in [-0.39, 0.29) is 5.91 Å². The molecule has 0 spiro atoms. The summed E-state index contributed by atoms with van der Waals surface area (Å²) >= 11 is 1.53. The van der Waals surface area contributed by atoms with Gasteiger partial charge in [-0.1, -0.05) is 25.3 Å². The topological polar surface area (TPSA) is 45.2 Å². The molecule has 0 atom stereocenters. The van der Waals surface area contributed by atoms with E-state index in [2.05, 4.69) is 28.4 Å². The number of carbonyl (C=O) groups is 1. The summed E-state index contributed by atoms with van der Waals surface area (Å²) in [6.07, 6.45) is 7.90. The number of rotatable bonds is 5. The van der Waals surface area contributed by atoms with Crippen molar-refractivity contribution in [2.75, 3.05) is 18.4 Å². The molecule has 1 aliphatic rings. The predicted molar refractivity (Wildman–Crippen MR) is 88.3 cm³/mol. The first kappa shape index (κ1) is 15.7. The van der Waals surface area contributed by atoms with Crippen molar-refractivity contribution >= 4 is 22.4 Å². The van der Waals surface area contributed by atoms with Crippen molar-refractivity contribution < 1.29 is 4.79 Å². The number of anilines is 1. The van der Waals surface area contributed by atoms with Crippen LogP contribution in [0, 0.1) is 0 Å². The van der Waals surface area contributed by atoms with Gasteiger partial charge in [0, 0.05) is 31.1 Å². The van der Waals surface area contributed by atoms with Crippen LogP contribution in [0.5, 0.6) is 0 Å². The van der Waals surface area contributed by atoms with Crippen LogP contribution in [0.3, 0.4) is 0 Å². The van der Waals surface area contributed by atoms with Gasteiger partial charge in [0.2, 0.25) is 5.91 Å². The summed E-state index contributed by atoms with van der Waals surface area (Å²) < 4.78 is 0. The molecule has 1 aromatic heterocycles. The Hall–Kier alpha value is -1.72. The van der Waals surface area contributed by atoms with Crippen molar-refractivity contribution in [3.8, 4) is 0 Å². The second-order valence-corrected chi connectivity index (χ2v) is 6.20. The van der Waals surface area contributed by atoms with E-state index >= 15 is 0 Å². The van der Waals surface area contributed by atoms with E-state index in [4.69, 9.17) is 0 Å². The lowest BCUT2D eigenvalue weighted by Crippen LogP contribution is -2.24. The SMILES string of the molecule is C=CC1=C(C=C)CN(Cc2cnc(NC(C)=O)s2)CCC1. The first-order valence-electron chi connectivity index (χ1n) is 7.04. The number of allylic oxidation sites excluding steroid dienone is 2. The van der Waals surface area contributed by atoms with Crippen LogP contribution in [-0.2, 0) is 11.3 Å². The van der Waals surface area contributed by atoms with Crippen LogP contribution in [0.1, 0.15) is 24.6 Å². The lowest BCUT2D eigenvalue weighted by Gasteiger charge is -2.19. The highest BCUT2D eigenvalue weighted by molar-refractivity contribution is 7.15. The Kier molecular flexibility index (Phi) is 5.47. The van der Waals surface area contributed by atoms with Crippen molar-refractivity contribution in [1.29, 1.82) is 0 Å². The smallest absolute Gasteiger partial charge is 0.223 e. The highest BCUT2D eigenvalue weighted by Crippen LogP contribution is 2.24. The number of hydrogen-bond donors (Lipinski definition) is 1. The highest BCUT2D eigenvalue weighted by Gasteiger charge is 2.15. The maximum Gasteiger partial charge on any atom is 0.223 e. The van der Waals surface area contributed by atoms with Crippen molar-refractivity contribution in [2.45, 2.75) is 26.3 Å². The Labute approximate surface area is 129 Å². The van der Waals surface area contributed by atoms with Gasteiger partial charge >= 0.3 is 0 Å². The summed E-state index contributed by atoms with van der Waals surface area (Å²) in [4.78, 5) is 18.8. The van der Waals surface area contributed by atoms with Crippen LogP contribution in [0.15, 0.2) is 42.7 Å². The molecular formula is C16H21N3OS. The summed E-state index contributed by atoms with van der Waals surface area (Å²) in [7, 11) is 0. The minimum absolute atomic E-state index is 0.0850. The summed E-state index contributed by atoms with van der Waals surface area (Å²) in [6, 6.07) is 0. The molecule has 112 valence electrons. The number of thiazole rings is 1. The fourth-order valence-electron chi connectivity index (χ4n) is 2.45. The first-order valence-corrected chi connectivity index (χ1v) is 7.85. The van der Waals surface area contributed by atoms with E-state index in [1.165, 1.54) is 29.4 Å². The van der Waals surface area contributed by atoms with Crippen LogP contribution in [-0.4, -0.2) is 28.9 Å². The molecule has 2 rings (SSSR count). The van der Waals surface area contributed by atoms with Gasteiger partial charge in [-0.05, 0) is 30.5 Å². The lowest BCUT2D eigenvalue weighted by atomic mass is 10.1. The molecule has 0 bridgehead atoms. The molecule has 0 radical (unpaired) electrons. The van der Waals surface area contributed by atoms with Gasteiger partial charge < -0.3 is 5.32 Å². The Morgan fingerprint density at radius 2 is 2.24 bits per heavy atom. The summed E-state index contributed by atoms with van der Waals surface area (Å²) in [6.45, 7) is 12.1. The molecule has 1 aliphatic heterocycles. The third-order valence-corrected chi connectivity index (χ3v) is 4.33. The van der Waals surface area contributed by atoms with Crippen LogP contribution >= 0.6 is 11.3 Å². The minimum Gasteiger partial charge on any atom is -0.302 e. The number of hydrogen-bond acceptors (Lipinski definition) is 4. The maximum absolute atomic E-state index is 11.0. The second kappa shape index (κ2) is 7.33. The van der Waals surface area contributed by atoms with Crippen LogP contribution < -0.4 is 5.32 Å². The fraction of sp³-hybridized carbons (Fsp3) is 0.375. The standard InChI is InChI=1S/C16H21N3OS/c1-4-13-7-6-8-19(10-14(13)5-2)11-15-9-17-16(21-15)18-12(3)20/h4-5,9H,1-2,6-8,10-11H2,3H3,(H,17,18,20). The monoisotopic (exact) mass is 303 g/mol. The zero-order chi connectivity index (χ0) is 15.2. The number of nitrogens with zero attached hydrogens (tertiary/aromatic N) is 2. The average molecular weight is 303 g/mol. The van der Waals surface area contributed by atoms with Gasteiger partial charge in [0.15, 0.2) is 5.13 Å². The van der Waals surface area contributed by atoms with Crippen LogP contribution in [0.2, 0.25) is 0 Å². The Bertz CT molecular complexity index is 574. The molecule has 21 heavy (non-hydrogen) atoms. The Morgan fingerprint density at radius 3 is 2.90 bits per heavy atom. The summed E-state index contributed by atoms with van der Waals surface area (Å²) in [5, 5.41) is 3.39. The summed E-state index contributed by atoms with van der Waals surface area (Å²) in [5.41, 5.74) is 2.56. The average Bonchev–Trinajstić information content (AvgIpc) is 2.77. The van der Waals surface area contributed by atoms with E-state index in [9.17, 15) is 4.79 Å². The third-order valence-electron chi connectivity index (χ3n) is 3.44. The maximum atomic E-state index is 11.0. The molecule has 0 aromatic carbocycles. The molecule has 4 nitrogen and oxygen atoms in total. The minimum atomic E-state index is -0.0850. The van der Waals surface area contributed by atoms with Gasteiger partial charge in [0.25, 0.3) is 0 Å². The first-order chi connectivity index (χ1) is 10.1. The molecule has 0 aliphatic carbocycles. The van der Waals surface area contributed by atoms with Crippen LogP contribution in [0.4, 0.5) is 5.13 Å². The van der Waals surface area contributed by atoms with Crippen LogP contribution in [0.25, 0.3) is 0 Å². The van der Waals surface area contributed by atoms with Gasteiger partial charge in [-0.2, -0.15) is 0 Å². The molecular weight excluding hydrogens is 282 g/mol. The molecule has 0 saturated heterocycles. The Morgan fingerprint density at radius 1 is 1.48 bits per heavy atom. The van der Waals surface area contributed by atoms with Crippen molar-refractivity contribution in [2.24, 2.45) is 0 Å². The Balaban J connectivity index is 2.04. The molecule has 0 saturated carbocycles. The molecule has 1 N–H and O–H groups in total. The largest absolute Gasteiger partial charge is 0.302 e. The lowest BCUT2D eigenvalue weighted by molar-refractivity contribution is -0.114. The molecule has 1 amide bonds. The van der Waals surface area contributed by atoms with Gasteiger partial charge in [-0.25, -0.2) is 4.98 Å². The quantitative estimate of drug-likeness (QED) is 0.907. The van der Waals surface area contributed by atoms with Crippen molar-refractivity contribution in [1.82, 2.24) is 9.88 Å².